The fraction of sp³-hybridized carbons (Fsp3) is 0.500. The van der Waals surface area contributed by atoms with Gasteiger partial charge in [-0.3, -0.25) is 9.69 Å². The third kappa shape index (κ3) is 4.66. The van der Waals surface area contributed by atoms with Crippen molar-refractivity contribution in [2.75, 3.05) is 11.9 Å². The van der Waals surface area contributed by atoms with E-state index in [2.05, 4.69) is 21.2 Å². The topological polar surface area (TPSA) is 58.6 Å². The Balaban J connectivity index is 2.10. The molecule has 1 aliphatic rings. The zero-order valence-electron chi connectivity index (χ0n) is 13.6. The summed E-state index contributed by atoms with van der Waals surface area (Å²) in [5.41, 5.74) is -0.395. The Morgan fingerprint density at radius 2 is 2.04 bits per heavy atom. The molecule has 132 valence electrons. The number of hydrogen-bond donors (Lipinski definition) is 1. The van der Waals surface area contributed by atoms with Gasteiger partial charge >= 0.3 is 6.09 Å². The first-order chi connectivity index (χ1) is 11.1. The van der Waals surface area contributed by atoms with Crippen LogP contribution in [0.4, 0.5) is 19.3 Å². The molecule has 1 aliphatic heterocycles. The van der Waals surface area contributed by atoms with Crippen molar-refractivity contribution in [1.29, 1.82) is 0 Å². The third-order valence-electron chi connectivity index (χ3n) is 3.37. The van der Waals surface area contributed by atoms with E-state index in [1.165, 1.54) is 18.2 Å². The van der Waals surface area contributed by atoms with Crippen molar-refractivity contribution in [2.24, 2.45) is 0 Å². The normalized spacial score (nSPS) is 20.8. The molecule has 1 saturated heterocycles. The average molecular weight is 405 g/mol. The van der Waals surface area contributed by atoms with Gasteiger partial charge in [0.2, 0.25) is 5.91 Å². The summed E-state index contributed by atoms with van der Waals surface area (Å²) in [5.74, 6) is -1.01. The predicted octanol–water partition coefficient (Wildman–Crippen LogP) is 3.87. The van der Waals surface area contributed by atoms with Gasteiger partial charge < -0.3 is 10.1 Å². The lowest BCUT2D eigenvalue weighted by atomic mass is 10.2. The Kier molecular flexibility index (Phi) is 5.47. The molecule has 1 heterocycles. The highest BCUT2D eigenvalue weighted by Gasteiger charge is 2.41. The van der Waals surface area contributed by atoms with E-state index in [0.717, 1.165) is 4.90 Å². The first-order valence-electron chi connectivity index (χ1n) is 7.46. The number of nitrogens with zero attached hydrogens (tertiary/aromatic N) is 1. The van der Waals surface area contributed by atoms with Crippen LogP contribution in [0.2, 0.25) is 0 Å². The molecule has 0 unspecified atom stereocenters. The molecule has 24 heavy (non-hydrogen) atoms. The van der Waals surface area contributed by atoms with Crippen molar-refractivity contribution < 1.29 is 23.1 Å². The second kappa shape index (κ2) is 7.04. The van der Waals surface area contributed by atoms with E-state index in [1.807, 2.05) is 0 Å². The molecule has 0 saturated carbocycles. The summed E-state index contributed by atoms with van der Waals surface area (Å²) in [6.45, 7) is 4.89. The molecule has 2 amide bonds. The lowest BCUT2D eigenvalue weighted by Gasteiger charge is -2.27. The number of anilines is 1. The molecular weight excluding hydrogens is 386 g/mol. The number of likely N-dealkylation sites (tertiary alicyclic amines) is 1. The molecule has 0 bridgehead atoms. The lowest BCUT2D eigenvalue weighted by Crippen LogP contribution is -2.45. The molecule has 1 fully saturated rings. The highest BCUT2D eigenvalue weighted by molar-refractivity contribution is 9.10. The SMILES string of the molecule is CC(C)(C)OC(=O)N1C[C@H](F)C[C@H]1C(=O)Nc1ccc(F)c(Br)c1. The van der Waals surface area contributed by atoms with E-state index in [-0.39, 0.29) is 17.4 Å². The summed E-state index contributed by atoms with van der Waals surface area (Å²) >= 11 is 3.03. The van der Waals surface area contributed by atoms with Gasteiger partial charge in [0.25, 0.3) is 0 Å². The minimum absolute atomic E-state index is 0.104. The second-order valence-electron chi connectivity index (χ2n) is 6.60. The first-order valence-corrected chi connectivity index (χ1v) is 8.26. The average Bonchev–Trinajstić information content (AvgIpc) is 2.83. The van der Waals surface area contributed by atoms with E-state index in [4.69, 9.17) is 4.74 Å². The van der Waals surface area contributed by atoms with Crippen LogP contribution in [0.3, 0.4) is 0 Å². The van der Waals surface area contributed by atoms with Crippen molar-refractivity contribution in [1.82, 2.24) is 4.90 Å². The lowest BCUT2D eigenvalue weighted by molar-refractivity contribution is -0.120. The Bertz CT molecular complexity index is 649. The number of alkyl halides is 1. The van der Waals surface area contributed by atoms with E-state index in [9.17, 15) is 18.4 Å². The van der Waals surface area contributed by atoms with Crippen molar-refractivity contribution in [3.05, 3.63) is 28.5 Å². The van der Waals surface area contributed by atoms with Crippen LogP contribution in [0.1, 0.15) is 27.2 Å². The molecule has 8 heteroatoms. The number of hydrogen-bond acceptors (Lipinski definition) is 3. The van der Waals surface area contributed by atoms with Crippen LogP contribution in [-0.4, -0.2) is 41.3 Å². The molecule has 0 spiro atoms. The van der Waals surface area contributed by atoms with E-state index in [1.54, 1.807) is 20.8 Å². The number of nitrogens with one attached hydrogen (secondary N) is 1. The van der Waals surface area contributed by atoms with Gasteiger partial charge in [-0.1, -0.05) is 0 Å². The van der Waals surface area contributed by atoms with E-state index < -0.39 is 35.6 Å². The monoisotopic (exact) mass is 404 g/mol. The predicted molar refractivity (Wildman–Crippen MR) is 89.0 cm³/mol. The van der Waals surface area contributed by atoms with Gasteiger partial charge in [-0.15, -0.1) is 0 Å². The Morgan fingerprint density at radius 3 is 2.62 bits per heavy atom. The van der Waals surface area contributed by atoms with Gasteiger partial charge in [0, 0.05) is 12.1 Å². The molecule has 5 nitrogen and oxygen atoms in total. The van der Waals surface area contributed by atoms with Gasteiger partial charge in [-0.2, -0.15) is 0 Å². The Labute approximate surface area is 147 Å². The van der Waals surface area contributed by atoms with Crippen LogP contribution in [0.25, 0.3) is 0 Å². The molecular formula is C16H19BrF2N2O3. The molecule has 0 aromatic heterocycles. The summed E-state index contributed by atoms with van der Waals surface area (Å²) in [4.78, 5) is 25.7. The Hall–Kier alpha value is -1.70. The van der Waals surface area contributed by atoms with Gasteiger partial charge in [0.1, 0.15) is 23.6 Å². The van der Waals surface area contributed by atoms with Crippen molar-refractivity contribution >= 4 is 33.6 Å². The van der Waals surface area contributed by atoms with Crippen LogP contribution >= 0.6 is 15.9 Å². The summed E-state index contributed by atoms with van der Waals surface area (Å²) in [6, 6.07) is 3.00. The van der Waals surface area contributed by atoms with Crippen LogP contribution in [0, 0.1) is 5.82 Å². The van der Waals surface area contributed by atoms with Crippen LogP contribution < -0.4 is 5.32 Å². The molecule has 1 aromatic carbocycles. The summed E-state index contributed by atoms with van der Waals surface area (Å²) in [6.07, 6.45) is -2.13. The maximum atomic E-state index is 13.7. The van der Waals surface area contributed by atoms with Crippen LogP contribution in [0.15, 0.2) is 22.7 Å². The summed E-state index contributed by atoms with van der Waals surface area (Å²) in [5, 5.41) is 2.57. The van der Waals surface area contributed by atoms with Gasteiger partial charge in [-0.25, -0.2) is 13.6 Å². The highest BCUT2D eigenvalue weighted by atomic mass is 79.9. The Morgan fingerprint density at radius 1 is 1.38 bits per heavy atom. The fourth-order valence-corrected chi connectivity index (χ4v) is 2.73. The molecule has 1 aromatic rings. The minimum Gasteiger partial charge on any atom is -0.444 e. The van der Waals surface area contributed by atoms with Crippen LogP contribution in [0.5, 0.6) is 0 Å². The number of ether oxygens (including phenoxy) is 1. The molecule has 1 N–H and O–H groups in total. The van der Waals surface area contributed by atoms with Crippen molar-refractivity contribution in [3.63, 3.8) is 0 Å². The summed E-state index contributed by atoms with van der Waals surface area (Å²) < 4.78 is 32.4. The zero-order chi connectivity index (χ0) is 18.1. The summed E-state index contributed by atoms with van der Waals surface area (Å²) in [7, 11) is 0. The minimum atomic E-state index is -1.30. The standard InChI is InChI=1S/C16H19BrF2N2O3/c1-16(2,3)24-15(23)21-8-9(18)6-13(21)14(22)20-10-4-5-12(19)11(17)7-10/h4-5,7,9,13H,6,8H2,1-3H3,(H,20,22)/t9-,13+/m1/s1. The van der Waals surface area contributed by atoms with E-state index in [0.29, 0.717) is 5.69 Å². The second-order valence-corrected chi connectivity index (χ2v) is 7.45. The number of amides is 2. The maximum absolute atomic E-state index is 13.7. The number of rotatable bonds is 2. The first kappa shape index (κ1) is 18.6. The van der Waals surface area contributed by atoms with Crippen LogP contribution in [-0.2, 0) is 9.53 Å². The van der Waals surface area contributed by atoms with E-state index >= 15 is 0 Å². The molecule has 2 rings (SSSR count). The zero-order valence-corrected chi connectivity index (χ0v) is 15.2. The fourth-order valence-electron chi connectivity index (χ4n) is 2.36. The largest absolute Gasteiger partial charge is 0.444 e. The highest BCUT2D eigenvalue weighted by Crippen LogP contribution is 2.25. The van der Waals surface area contributed by atoms with Gasteiger partial charge in [-0.05, 0) is 54.9 Å². The number of carbonyl (C=O) groups is 2. The number of halogens is 3. The van der Waals surface area contributed by atoms with Gasteiger partial charge in [0.15, 0.2) is 0 Å². The molecule has 2 atom stereocenters. The van der Waals surface area contributed by atoms with Gasteiger partial charge in [0.05, 0.1) is 11.0 Å². The molecule has 0 radical (unpaired) electrons. The van der Waals surface area contributed by atoms with Crippen molar-refractivity contribution in [3.8, 4) is 0 Å². The molecule has 0 aliphatic carbocycles. The smallest absolute Gasteiger partial charge is 0.411 e. The van der Waals surface area contributed by atoms with Crippen molar-refractivity contribution in [2.45, 2.75) is 45.0 Å². The third-order valence-corrected chi connectivity index (χ3v) is 3.98. The number of carbonyl (C=O) groups excluding carboxylic acids is 2. The maximum Gasteiger partial charge on any atom is 0.411 e. The number of benzene rings is 1. The quantitative estimate of drug-likeness (QED) is 0.813.